The summed E-state index contributed by atoms with van der Waals surface area (Å²) in [6.07, 6.45) is 2.42. The number of hydrogen-bond acceptors (Lipinski definition) is 3. The van der Waals surface area contributed by atoms with Gasteiger partial charge in [0.25, 0.3) is 5.91 Å². The van der Waals surface area contributed by atoms with Crippen LogP contribution in [0.3, 0.4) is 0 Å². The van der Waals surface area contributed by atoms with E-state index in [1.807, 2.05) is 50.2 Å². The predicted octanol–water partition coefficient (Wildman–Crippen LogP) is 4.75. The van der Waals surface area contributed by atoms with Crippen molar-refractivity contribution in [2.45, 2.75) is 52.6 Å². The number of carbonyl (C=O) groups is 2. The van der Waals surface area contributed by atoms with Gasteiger partial charge in [0.15, 0.2) is 6.61 Å². The Kier molecular flexibility index (Phi) is 9.68. The second-order valence-electron chi connectivity index (χ2n) is 7.32. The van der Waals surface area contributed by atoms with Crippen molar-refractivity contribution in [2.24, 2.45) is 0 Å². The number of rotatable bonds is 11. The van der Waals surface area contributed by atoms with Gasteiger partial charge in [0, 0.05) is 18.1 Å². The number of hydrogen-bond donors (Lipinski definition) is 1. The number of nitrogens with zero attached hydrogens (tertiary/aromatic N) is 1. The fourth-order valence-electron chi connectivity index (χ4n) is 3.15. The summed E-state index contributed by atoms with van der Waals surface area (Å²) in [5, 5.41) is 3.58. The topological polar surface area (TPSA) is 58.6 Å². The first-order valence-electron chi connectivity index (χ1n) is 10.5. The van der Waals surface area contributed by atoms with Crippen molar-refractivity contribution < 1.29 is 14.3 Å². The van der Waals surface area contributed by atoms with Crippen LogP contribution in [0, 0.1) is 6.92 Å². The SMILES string of the molecule is CCCCNC(=O)[C@@H](CC)N(Cc1ccc(Cl)cc1)C(=O)COc1cccc(C)c1. The third-order valence-electron chi connectivity index (χ3n) is 4.83. The summed E-state index contributed by atoms with van der Waals surface area (Å²) in [6.45, 7) is 6.74. The molecule has 1 atom stereocenters. The molecular weight excluding hydrogens is 400 g/mol. The van der Waals surface area contributed by atoms with E-state index < -0.39 is 6.04 Å². The fourth-order valence-corrected chi connectivity index (χ4v) is 3.27. The van der Waals surface area contributed by atoms with Gasteiger partial charge in [-0.1, -0.05) is 56.1 Å². The van der Waals surface area contributed by atoms with Gasteiger partial charge in [0.05, 0.1) is 0 Å². The molecule has 162 valence electrons. The maximum absolute atomic E-state index is 13.1. The Bertz CT molecular complexity index is 823. The van der Waals surface area contributed by atoms with Crippen molar-refractivity contribution in [1.82, 2.24) is 10.2 Å². The molecule has 0 bridgehead atoms. The van der Waals surface area contributed by atoms with Crippen molar-refractivity contribution in [1.29, 1.82) is 0 Å². The molecular formula is C24H31ClN2O3. The zero-order valence-electron chi connectivity index (χ0n) is 18.0. The predicted molar refractivity (Wildman–Crippen MR) is 121 cm³/mol. The van der Waals surface area contributed by atoms with Gasteiger partial charge in [0.1, 0.15) is 11.8 Å². The number of halogens is 1. The monoisotopic (exact) mass is 430 g/mol. The van der Waals surface area contributed by atoms with E-state index in [0.717, 1.165) is 24.0 Å². The molecule has 2 aromatic carbocycles. The number of unbranched alkanes of at least 4 members (excludes halogenated alkanes) is 1. The van der Waals surface area contributed by atoms with Crippen LogP contribution in [-0.2, 0) is 16.1 Å². The van der Waals surface area contributed by atoms with Crippen LogP contribution in [0.2, 0.25) is 5.02 Å². The molecule has 5 nitrogen and oxygen atoms in total. The number of amides is 2. The molecule has 0 radical (unpaired) electrons. The average molecular weight is 431 g/mol. The first-order chi connectivity index (χ1) is 14.4. The van der Waals surface area contributed by atoms with Gasteiger partial charge < -0.3 is 15.0 Å². The van der Waals surface area contributed by atoms with Crippen molar-refractivity contribution in [3.8, 4) is 5.75 Å². The van der Waals surface area contributed by atoms with Crippen LogP contribution in [0.1, 0.15) is 44.2 Å². The van der Waals surface area contributed by atoms with E-state index in [4.69, 9.17) is 16.3 Å². The molecule has 0 fully saturated rings. The van der Waals surface area contributed by atoms with Crippen molar-refractivity contribution in [3.63, 3.8) is 0 Å². The lowest BCUT2D eigenvalue weighted by Crippen LogP contribution is -2.50. The summed E-state index contributed by atoms with van der Waals surface area (Å²) in [7, 11) is 0. The van der Waals surface area contributed by atoms with Crippen LogP contribution >= 0.6 is 11.6 Å². The fraction of sp³-hybridized carbons (Fsp3) is 0.417. The largest absolute Gasteiger partial charge is 0.484 e. The highest BCUT2D eigenvalue weighted by Gasteiger charge is 2.28. The molecule has 1 N–H and O–H groups in total. The quantitative estimate of drug-likeness (QED) is 0.523. The lowest BCUT2D eigenvalue weighted by molar-refractivity contribution is -0.143. The van der Waals surface area contributed by atoms with Gasteiger partial charge in [-0.3, -0.25) is 9.59 Å². The molecule has 0 heterocycles. The second kappa shape index (κ2) is 12.2. The van der Waals surface area contributed by atoms with E-state index in [9.17, 15) is 9.59 Å². The Morgan fingerprint density at radius 3 is 2.50 bits per heavy atom. The molecule has 0 spiro atoms. The summed E-state index contributed by atoms with van der Waals surface area (Å²) >= 11 is 5.99. The van der Waals surface area contributed by atoms with Crippen LogP contribution in [0.25, 0.3) is 0 Å². The third-order valence-corrected chi connectivity index (χ3v) is 5.09. The number of nitrogens with one attached hydrogen (secondary N) is 1. The molecule has 0 aromatic heterocycles. The molecule has 0 aliphatic heterocycles. The highest BCUT2D eigenvalue weighted by atomic mass is 35.5. The van der Waals surface area contributed by atoms with Gasteiger partial charge in [-0.25, -0.2) is 0 Å². The van der Waals surface area contributed by atoms with Gasteiger partial charge >= 0.3 is 0 Å². The zero-order valence-corrected chi connectivity index (χ0v) is 18.7. The van der Waals surface area contributed by atoms with Crippen LogP contribution in [0.15, 0.2) is 48.5 Å². The van der Waals surface area contributed by atoms with Crippen LogP contribution < -0.4 is 10.1 Å². The first-order valence-corrected chi connectivity index (χ1v) is 10.8. The maximum atomic E-state index is 13.1. The van der Waals surface area contributed by atoms with Gasteiger partial charge in [-0.15, -0.1) is 0 Å². The van der Waals surface area contributed by atoms with E-state index in [-0.39, 0.29) is 18.4 Å². The molecule has 2 amide bonds. The summed E-state index contributed by atoms with van der Waals surface area (Å²) in [4.78, 5) is 27.5. The maximum Gasteiger partial charge on any atom is 0.261 e. The van der Waals surface area contributed by atoms with E-state index in [1.54, 1.807) is 17.0 Å². The van der Waals surface area contributed by atoms with Crippen molar-refractivity contribution in [3.05, 3.63) is 64.7 Å². The summed E-state index contributed by atoms with van der Waals surface area (Å²) < 4.78 is 5.72. The Labute approximate surface area is 184 Å². The van der Waals surface area contributed by atoms with E-state index in [1.165, 1.54) is 0 Å². The van der Waals surface area contributed by atoms with Gasteiger partial charge in [-0.05, 0) is 55.2 Å². The standard InChI is InChI=1S/C24H31ClN2O3/c1-4-6-14-26-24(29)22(5-2)27(16-19-10-12-20(25)13-11-19)23(28)17-30-21-9-7-8-18(3)15-21/h7-13,15,22H,4-6,14,16-17H2,1-3H3,(H,26,29)/t22-/m1/s1. The highest BCUT2D eigenvalue weighted by Crippen LogP contribution is 2.17. The highest BCUT2D eigenvalue weighted by molar-refractivity contribution is 6.30. The lowest BCUT2D eigenvalue weighted by atomic mass is 10.1. The molecule has 2 rings (SSSR count). The first kappa shape index (κ1) is 23.7. The Morgan fingerprint density at radius 1 is 1.13 bits per heavy atom. The Morgan fingerprint density at radius 2 is 1.87 bits per heavy atom. The molecule has 0 aliphatic rings. The second-order valence-corrected chi connectivity index (χ2v) is 7.76. The molecule has 0 unspecified atom stereocenters. The Balaban J connectivity index is 2.16. The van der Waals surface area contributed by atoms with E-state index in [2.05, 4.69) is 12.2 Å². The van der Waals surface area contributed by atoms with E-state index >= 15 is 0 Å². The average Bonchev–Trinajstić information content (AvgIpc) is 2.73. The minimum Gasteiger partial charge on any atom is -0.484 e. The molecule has 0 aliphatic carbocycles. The van der Waals surface area contributed by atoms with Crippen LogP contribution in [0.5, 0.6) is 5.75 Å². The van der Waals surface area contributed by atoms with Crippen LogP contribution in [0.4, 0.5) is 0 Å². The normalized spacial score (nSPS) is 11.6. The number of ether oxygens (including phenoxy) is 1. The molecule has 6 heteroatoms. The summed E-state index contributed by atoms with van der Waals surface area (Å²) in [6, 6.07) is 14.3. The van der Waals surface area contributed by atoms with Crippen molar-refractivity contribution >= 4 is 23.4 Å². The minimum absolute atomic E-state index is 0.129. The third kappa shape index (κ3) is 7.38. The zero-order chi connectivity index (χ0) is 21.9. The molecule has 0 saturated carbocycles. The number of benzene rings is 2. The number of carbonyl (C=O) groups excluding carboxylic acids is 2. The summed E-state index contributed by atoms with van der Waals surface area (Å²) in [5.74, 6) is 0.267. The van der Waals surface area contributed by atoms with Crippen LogP contribution in [-0.4, -0.2) is 35.9 Å². The number of aryl methyl sites for hydroxylation is 1. The summed E-state index contributed by atoms with van der Waals surface area (Å²) in [5.41, 5.74) is 1.96. The molecule has 0 saturated heterocycles. The Hall–Kier alpha value is -2.53. The molecule has 30 heavy (non-hydrogen) atoms. The van der Waals surface area contributed by atoms with Gasteiger partial charge in [-0.2, -0.15) is 0 Å². The smallest absolute Gasteiger partial charge is 0.261 e. The van der Waals surface area contributed by atoms with E-state index in [0.29, 0.717) is 30.3 Å². The molecule has 2 aromatic rings. The minimum atomic E-state index is -0.564. The van der Waals surface area contributed by atoms with Crippen molar-refractivity contribution in [2.75, 3.05) is 13.2 Å². The lowest BCUT2D eigenvalue weighted by Gasteiger charge is -2.30. The van der Waals surface area contributed by atoms with Gasteiger partial charge in [0.2, 0.25) is 5.91 Å².